The minimum Gasteiger partial charge on any atom is -0.441 e. The van der Waals surface area contributed by atoms with Crippen LogP contribution in [0, 0.1) is 5.82 Å². The normalized spacial score (nSPS) is 10.8. The fourth-order valence-electron chi connectivity index (χ4n) is 2.60. The van der Waals surface area contributed by atoms with Crippen molar-refractivity contribution in [3.63, 3.8) is 0 Å². The summed E-state index contributed by atoms with van der Waals surface area (Å²) in [6, 6.07) is 9.45. The molecule has 0 saturated carbocycles. The molecule has 1 amide bonds. The zero-order valence-corrected chi connectivity index (χ0v) is 15.2. The van der Waals surface area contributed by atoms with Crippen LogP contribution in [0.25, 0.3) is 22.7 Å². The van der Waals surface area contributed by atoms with Gasteiger partial charge in [-0.15, -0.1) is 0 Å². The Morgan fingerprint density at radius 2 is 1.83 bits per heavy atom. The lowest BCUT2D eigenvalue weighted by atomic mass is 10.2. The van der Waals surface area contributed by atoms with E-state index in [1.807, 2.05) is 0 Å². The smallest absolute Gasteiger partial charge is 0.246 e. The van der Waals surface area contributed by atoms with Gasteiger partial charge in [0, 0.05) is 36.4 Å². The van der Waals surface area contributed by atoms with Gasteiger partial charge in [0.2, 0.25) is 17.6 Å². The quantitative estimate of drug-likeness (QED) is 0.514. The molecular formula is C20H16FN5O3. The Bertz CT molecular complexity index is 1090. The summed E-state index contributed by atoms with van der Waals surface area (Å²) in [5.41, 5.74) is 1.50. The van der Waals surface area contributed by atoms with E-state index in [9.17, 15) is 9.18 Å². The SMILES string of the molecule is O=C(CCc1ncc(-c2ccc(F)cc2)o1)NCc1nc(-c2ccncc2)no1. The number of hydrogen-bond acceptors (Lipinski definition) is 7. The molecule has 1 N–H and O–H groups in total. The molecule has 0 radical (unpaired) electrons. The van der Waals surface area contributed by atoms with Crippen molar-refractivity contribution in [2.45, 2.75) is 19.4 Å². The van der Waals surface area contributed by atoms with Crippen LogP contribution >= 0.6 is 0 Å². The molecule has 0 saturated heterocycles. The van der Waals surface area contributed by atoms with Crippen molar-refractivity contribution in [2.24, 2.45) is 0 Å². The molecule has 29 heavy (non-hydrogen) atoms. The number of pyridine rings is 1. The number of benzene rings is 1. The number of aromatic nitrogens is 4. The van der Waals surface area contributed by atoms with E-state index in [1.54, 1.807) is 42.9 Å². The van der Waals surface area contributed by atoms with E-state index in [0.717, 1.165) is 11.1 Å². The molecule has 0 aliphatic carbocycles. The van der Waals surface area contributed by atoms with Gasteiger partial charge >= 0.3 is 0 Å². The highest BCUT2D eigenvalue weighted by atomic mass is 19.1. The first kappa shape index (κ1) is 18.5. The zero-order valence-electron chi connectivity index (χ0n) is 15.2. The lowest BCUT2D eigenvalue weighted by molar-refractivity contribution is -0.121. The number of halogens is 1. The van der Waals surface area contributed by atoms with Gasteiger partial charge in [0.05, 0.1) is 12.7 Å². The van der Waals surface area contributed by atoms with Crippen LogP contribution in [0.5, 0.6) is 0 Å². The van der Waals surface area contributed by atoms with E-state index in [-0.39, 0.29) is 24.7 Å². The van der Waals surface area contributed by atoms with Crippen LogP contribution in [0.15, 0.2) is 63.9 Å². The van der Waals surface area contributed by atoms with Crippen LogP contribution < -0.4 is 5.32 Å². The summed E-state index contributed by atoms with van der Waals surface area (Å²) in [4.78, 5) is 24.4. The fourth-order valence-corrected chi connectivity index (χ4v) is 2.60. The minimum atomic E-state index is -0.320. The molecule has 146 valence electrons. The molecule has 4 aromatic rings. The Morgan fingerprint density at radius 1 is 1.03 bits per heavy atom. The number of rotatable bonds is 7. The monoisotopic (exact) mass is 393 g/mol. The number of carbonyl (C=O) groups excluding carboxylic acids is 1. The van der Waals surface area contributed by atoms with Gasteiger partial charge in [-0.3, -0.25) is 9.78 Å². The Balaban J connectivity index is 1.27. The van der Waals surface area contributed by atoms with E-state index >= 15 is 0 Å². The van der Waals surface area contributed by atoms with Gasteiger partial charge in [0.15, 0.2) is 11.7 Å². The summed E-state index contributed by atoms with van der Waals surface area (Å²) in [5.74, 6) is 1.17. The third-order valence-electron chi connectivity index (χ3n) is 4.09. The van der Waals surface area contributed by atoms with Crippen molar-refractivity contribution in [2.75, 3.05) is 0 Å². The molecule has 0 unspecified atom stereocenters. The predicted molar refractivity (Wildman–Crippen MR) is 99.6 cm³/mol. The molecule has 0 spiro atoms. The lowest BCUT2D eigenvalue weighted by Crippen LogP contribution is -2.23. The van der Waals surface area contributed by atoms with Gasteiger partial charge in [0.1, 0.15) is 5.82 Å². The van der Waals surface area contributed by atoms with Crippen LogP contribution in [0.4, 0.5) is 4.39 Å². The summed E-state index contributed by atoms with van der Waals surface area (Å²) in [5, 5.41) is 6.60. The summed E-state index contributed by atoms with van der Waals surface area (Å²) in [7, 11) is 0. The minimum absolute atomic E-state index is 0.128. The van der Waals surface area contributed by atoms with Crippen molar-refractivity contribution in [3.05, 3.63) is 72.6 Å². The number of amides is 1. The first-order chi connectivity index (χ1) is 14.2. The van der Waals surface area contributed by atoms with Crippen LogP contribution in [0.2, 0.25) is 0 Å². The van der Waals surface area contributed by atoms with Crippen molar-refractivity contribution in [1.29, 1.82) is 0 Å². The van der Waals surface area contributed by atoms with Crippen molar-refractivity contribution < 1.29 is 18.1 Å². The van der Waals surface area contributed by atoms with Crippen LogP contribution in [-0.2, 0) is 17.8 Å². The van der Waals surface area contributed by atoms with Gasteiger partial charge in [0.25, 0.3) is 0 Å². The molecule has 0 fully saturated rings. The van der Waals surface area contributed by atoms with E-state index in [0.29, 0.717) is 29.8 Å². The summed E-state index contributed by atoms with van der Waals surface area (Å²) in [6.45, 7) is 0.128. The average molecular weight is 393 g/mol. The standard InChI is InChI=1S/C20H16FN5O3/c21-15-3-1-13(2-4-15)16-11-24-18(28-16)6-5-17(27)23-12-19-25-20(26-29-19)14-7-9-22-10-8-14/h1-4,7-11H,5-6,12H2,(H,23,27). The number of oxazole rings is 1. The molecule has 4 rings (SSSR count). The first-order valence-corrected chi connectivity index (χ1v) is 8.88. The maximum absolute atomic E-state index is 13.0. The molecule has 3 heterocycles. The molecule has 0 atom stereocenters. The summed E-state index contributed by atoms with van der Waals surface area (Å²) in [6.07, 6.45) is 5.35. The Hall–Kier alpha value is -3.88. The number of carbonyl (C=O) groups is 1. The predicted octanol–water partition coefficient (Wildman–Crippen LogP) is 3.17. The molecular weight excluding hydrogens is 377 g/mol. The highest BCUT2D eigenvalue weighted by Crippen LogP contribution is 2.21. The van der Waals surface area contributed by atoms with E-state index in [1.165, 1.54) is 12.1 Å². The summed E-state index contributed by atoms with van der Waals surface area (Å²) < 4.78 is 23.7. The largest absolute Gasteiger partial charge is 0.441 e. The Labute approximate surface area is 164 Å². The number of nitrogens with one attached hydrogen (secondary N) is 1. The molecule has 0 aliphatic rings. The Kier molecular flexibility index (Phi) is 5.37. The van der Waals surface area contributed by atoms with Crippen molar-refractivity contribution >= 4 is 5.91 Å². The maximum Gasteiger partial charge on any atom is 0.246 e. The van der Waals surface area contributed by atoms with E-state index in [2.05, 4.69) is 25.4 Å². The molecule has 8 nitrogen and oxygen atoms in total. The Morgan fingerprint density at radius 3 is 2.62 bits per heavy atom. The molecule has 1 aromatic carbocycles. The third kappa shape index (κ3) is 4.70. The second-order valence-corrected chi connectivity index (χ2v) is 6.15. The van der Waals surface area contributed by atoms with Gasteiger partial charge in [-0.1, -0.05) is 5.16 Å². The third-order valence-corrected chi connectivity index (χ3v) is 4.09. The number of hydrogen-bond donors (Lipinski definition) is 1. The van der Waals surface area contributed by atoms with Crippen LogP contribution in [0.1, 0.15) is 18.2 Å². The highest BCUT2D eigenvalue weighted by Gasteiger charge is 2.12. The second kappa shape index (κ2) is 8.42. The van der Waals surface area contributed by atoms with Crippen LogP contribution in [-0.4, -0.2) is 26.0 Å². The topological polar surface area (TPSA) is 107 Å². The first-order valence-electron chi connectivity index (χ1n) is 8.88. The molecule has 0 aliphatic heterocycles. The zero-order chi connectivity index (χ0) is 20.1. The fraction of sp³-hybridized carbons (Fsp3) is 0.150. The van der Waals surface area contributed by atoms with Crippen LogP contribution in [0.3, 0.4) is 0 Å². The maximum atomic E-state index is 13.0. The average Bonchev–Trinajstić information content (AvgIpc) is 3.42. The number of aryl methyl sites for hydroxylation is 1. The lowest BCUT2D eigenvalue weighted by Gasteiger charge is -2.00. The highest BCUT2D eigenvalue weighted by molar-refractivity contribution is 5.75. The number of nitrogens with zero attached hydrogens (tertiary/aromatic N) is 4. The van der Waals surface area contributed by atoms with Gasteiger partial charge in [-0.25, -0.2) is 9.37 Å². The molecule has 9 heteroatoms. The molecule has 3 aromatic heterocycles. The van der Waals surface area contributed by atoms with Gasteiger partial charge < -0.3 is 14.3 Å². The van der Waals surface area contributed by atoms with Gasteiger partial charge in [-0.2, -0.15) is 4.98 Å². The van der Waals surface area contributed by atoms with Crippen molar-refractivity contribution in [3.8, 4) is 22.7 Å². The summed E-state index contributed by atoms with van der Waals surface area (Å²) >= 11 is 0. The molecule has 0 bridgehead atoms. The van der Waals surface area contributed by atoms with E-state index < -0.39 is 0 Å². The second-order valence-electron chi connectivity index (χ2n) is 6.15. The van der Waals surface area contributed by atoms with E-state index in [4.69, 9.17) is 8.94 Å². The van der Waals surface area contributed by atoms with Crippen molar-refractivity contribution in [1.82, 2.24) is 25.4 Å². The van der Waals surface area contributed by atoms with Gasteiger partial charge in [-0.05, 0) is 36.4 Å².